The molecular formula is C30H31ClN2OS. The Bertz CT molecular complexity index is 1260. The molecule has 1 N–H and O–H groups in total. The molecule has 35 heavy (non-hydrogen) atoms. The standard InChI is InChI=1S/C28H25ClN2OS.C2H6/c1-3-6-19-8-10-20(11-9-19)24-18-22(33-2)13-14-23(24)28(32)31-21-12-15-26(29)25(17-21)27-7-4-5-16-30-27;1-2/h4-5,7-18H,3,6H2,1-2H3,(H,31,32);1-2H3. The molecule has 4 rings (SSSR count). The van der Waals surface area contributed by atoms with E-state index in [1.54, 1.807) is 24.0 Å². The Morgan fingerprint density at radius 2 is 1.71 bits per heavy atom. The number of aryl methyl sites for hydroxylation is 1. The van der Waals surface area contributed by atoms with Crippen molar-refractivity contribution in [2.75, 3.05) is 11.6 Å². The Hall–Kier alpha value is -3.08. The minimum atomic E-state index is -0.162. The molecule has 0 radical (unpaired) electrons. The van der Waals surface area contributed by atoms with E-state index in [0.717, 1.165) is 40.1 Å². The summed E-state index contributed by atoms with van der Waals surface area (Å²) in [5, 5.41) is 3.63. The topological polar surface area (TPSA) is 42.0 Å². The number of carbonyl (C=O) groups is 1. The van der Waals surface area contributed by atoms with Gasteiger partial charge in [-0.1, -0.05) is 69.1 Å². The third-order valence-electron chi connectivity index (χ3n) is 5.44. The van der Waals surface area contributed by atoms with Crippen LogP contribution in [0.3, 0.4) is 0 Å². The van der Waals surface area contributed by atoms with Crippen LogP contribution in [0.5, 0.6) is 0 Å². The first kappa shape index (κ1) is 26.5. The molecule has 1 aromatic heterocycles. The highest BCUT2D eigenvalue weighted by Gasteiger charge is 2.15. The molecule has 0 aliphatic heterocycles. The first-order valence-electron chi connectivity index (χ1n) is 11.9. The molecule has 0 atom stereocenters. The van der Waals surface area contributed by atoms with Crippen LogP contribution >= 0.6 is 23.4 Å². The average molecular weight is 503 g/mol. The van der Waals surface area contributed by atoms with Crippen LogP contribution in [0.25, 0.3) is 22.4 Å². The molecule has 1 amide bonds. The Kier molecular flexibility index (Phi) is 9.95. The number of halogens is 1. The van der Waals surface area contributed by atoms with Crippen molar-refractivity contribution in [1.82, 2.24) is 4.98 Å². The van der Waals surface area contributed by atoms with Crippen molar-refractivity contribution in [3.8, 4) is 22.4 Å². The summed E-state index contributed by atoms with van der Waals surface area (Å²) in [6.45, 7) is 6.17. The number of amides is 1. The predicted molar refractivity (Wildman–Crippen MR) is 152 cm³/mol. The number of pyridine rings is 1. The lowest BCUT2D eigenvalue weighted by Crippen LogP contribution is -2.13. The SMILES string of the molecule is CC.CCCc1ccc(-c2cc(SC)ccc2C(=O)Nc2ccc(Cl)c(-c3ccccn3)c2)cc1. The molecule has 0 aliphatic rings. The zero-order chi connectivity index (χ0) is 25.2. The third-order valence-corrected chi connectivity index (χ3v) is 6.49. The largest absolute Gasteiger partial charge is 0.322 e. The van der Waals surface area contributed by atoms with E-state index < -0.39 is 0 Å². The van der Waals surface area contributed by atoms with Crippen LogP contribution in [0.2, 0.25) is 5.02 Å². The van der Waals surface area contributed by atoms with Gasteiger partial charge in [-0.05, 0) is 77.9 Å². The number of anilines is 1. The Balaban J connectivity index is 0.00000167. The fourth-order valence-corrected chi connectivity index (χ4v) is 4.40. The normalized spacial score (nSPS) is 10.3. The van der Waals surface area contributed by atoms with Gasteiger partial charge in [0.05, 0.1) is 10.7 Å². The summed E-state index contributed by atoms with van der Waals surface area (Å²) in [5.41, 5.74) is 6.09. The number of aromatic nitrogens is 1. The van der Waals surface area contributed by atoms with E-state index >= 15 is 0 Å². The molecule has 0 fully saturated rings. The number of carbonyl (C=O) groups excluding carboxylic acids is 1. The maximum Gasteiger partial charge on any atom is 0.256 e. The Morgan fingerprint density at radius 3 is 2.37 bits per heavy atom. The molecule has 3 nitrogen and oxygen atoms in total. The van der Waals surface area contributed by atoms with Gasteiger partial charge in [0.2, 0.25) is 0 Å². The lowest BCUT2D eigenvalue weighted by molar-refractivity contribution is 0.102. The second-order valence-electron chi connectivity index (χ2n) is 7.72. The smallest absolute Gasteiger partial charge is 0.256 e. The van der Waals surface area contributed by atoms with Crippen LogP contribution < -0.4 is 5.32 Å². The van der Waals surface area contributed by atoms with Gasteiger partial charge in [-0.25, -0.2) is 0 Å². The quantitative estimate of drug-likeness (QED) is 0.256. The monoisotopic (exact) mass is 502 g/mol. The fraction of sp³-hybridized carbons (Fsp3) is 0.200. The Labute approximate surface area is 218 Å². The van der Waals surface area contributed by atoms with E-state index in [4.69, 9.17) is 11.6 Å². The van der Waals surface area contributed by atoms with Gasteiger partial charge in [-0.15, -0.1) is 11.8 Å². The minimum Gasteiger partial charge on any atom is -0.322 e. The molecule has 0 unspecified atom stereocenters. The molecular weight excluding hydrogens is 472 g/mol. The molecule has 0 saturated heterocycles. The van der Waals surface area contributed by atoms with E-state index in [1.807, 2.05) is 62.6 Å². The van der Waals surface area contributed by atoms with Crippen LogP contribution in [0.4, 0.5) is 5.69 Å². The summed E-state index contributed by atoms with van der Waals surface area (Å²) in [4.78, 5) is 18.8. The fourth-order valence-electron chi connectivity index (χ4n) is 3.75. The van der Waals surface area contributed by atoms with Gasteiger partial charge in [-0.2, -0.15) is 0 Å². The number of nitrogens with one attached hydrogen (secondary N) is 1. The van der Waals surface area contributed by atoms with E-state index in [9.17, 15) is 4.79 Å². The van der Waals surface area contributed by atoms with E-state index in [1.165, 1.54) is 5.56 Å². The van der Waals surface area contributed by atoms with Crippen molar-refractivity contribution >= 4 is 35.0 Å². The van der Waals surface area contributed by atoms with Crippen LogP contribution in [-0.4, -0.2) is 17.1 Å². The third kappa shape index (κ3) is 6.74. The highest BCUT2D eigenvalue weighted by molar-refractivity contribution is 7.98. The van der Waals surface area contributed by atoms with Crippen molar-refractivity contribution < 1.29 is 4.79 Å². The number of nitrogens with zero attached hydrogens (tertiary/aromatic N) is 1. The molecule has 5 heteroatoms. The molecule has 0 bridgehead atoms. The summed E-state index contributed by atoms with van der Waals surface area (Å²) in [7, 11) is 0. The van der Waals surface area contributed by atoms with Crippen LogP contribution in [0.1, 0.15) is 43.1 Å². The number of hydrogen-bond donors (Lipinski definition) is 1. The molecule has 0 saturated carbocycles. The number of rotatable bonds is 7. The van der Waals surface area contributed by atoms with Crippen molar-refractivity contribution in [3.63, 3.8) is 0 Å². The minimum absolute atomic E-state index is 0.162. The number of benzene rings is 3. The molecule has 1 heterocycles. The first-order valence-corrected chi connectivity index (χ1v) is 13.5. The maximum atomic E-state index is 13.3. The van der Waals surface area contributed by atoms with Gasteiger partial charge in [0, 0.05) is 27.9 Å². The van der Waals surface area contributed by atoms with Crippen molar-refractivity contribution in [1.29, 1.82) is 0 Å². The van der Waals surface area contributed by atoms with Gasteiger partial charge in [-0.3, -0.25) is 9.78 Å². The van der Waals surface area contributed by atoms with Crippen molar-refractivity contribution in [2.45, 2.75) is 38.5 Å². The van der Waals surface area contributed by atoms with Crippen LogP contribution in [0.15, 0.2) is 90.0 Å². The van der Waals surface area contributed by atoms with Crippen molar-refractivity contribution in [2.24, 2.45) is 0 Å². The van der Waals surface area contributed by atoms with Gasteiger partial charge < -0.3 is 5.32 Å². The molecule has 4 aromatic rings. The lowest BCUT2D eigenvalue weighted by atomic mass is 9.97. The molecule has 180 valence electrons. The van der Waals surface area contributed by atoms with E-state index in [0.29, 0.717) is 16.3 Å². The highest BCUT2D eigenvalue weighted by Crippen LogP contribution is 2.32. The molecule has 3 aromatic carbocycles. The van der Waals surface area contributed by atoms with Gasteiger partial charge >= 0.3 is 0 Å². The number of hydrogen-bond acceptors (Lipinski definition) is 3. The zero-order valence-corrected chi connectivity index (χ0v) is 22.2. The van der Waals surface area contributed by atoms with E-state index in [-0.39, 0.29) is 5.91 Å². The lowest BCUT2D eigenvalue weighted by Gasteiger charge is -2.14. The zero-order valence-electron chi connectivity index (χ0n) is 20.6. The molecule has 0 spiro atoms. The Morgan fingerprint density at radius 1 is 0.943 bits per heavy atom. The van der Waals surface area contributed by atoms with Crippen LogP contribution in [-0.2, 0) is 6.42 Å². The first-order chi connectivity index (χ1) is 17.1. The van der Waals surface area contributed by atoms with Gasteiger partial charge in [0.25, 0.3) is 5.91 Å². The average Bonchev–Trinajstić information content (AvgIpc) is 2.91. The summed E-state index contributed by atoms with van der Waals surface area (Å²) in [6.07, 6.45) is 5.92. The highest BCUT2D eigenvalue weighted by atomic mass is 35.5. The summed E-state index contributed by atoms with van der Waals surface area (Å²) in [6, 6.07) is 25.6. The second-order valence-corrected chi connectivity index (χ2v) is 9.01. The summed E-state index contributed by atoms with van der Waals surface area (Å²) in [5.74, 6) is -0.162. The van der Waals surface area contributed by atoms with E-state index in [2.05, 4.69) is 47.6 Å². The van der Waals surface area contributed by atoms with Crippen LogP contribution in [0, 0.1) is 0 Å². The predicted octanol–water partition coefficient (Wildman–Crippen LogP) is 9.02. The maximum absolute atomic E-state index is 13.3. The van der Waals surface area contributed by atoms with Gasteiger partial charge in [0.15, 0.2) is 0 Å². The van der Waals surface area contributed by atoms with Crippen molar-refractivity contribution in [3.05, 3.63) is 101 Å². The second kappa shape index (κ2) is 13.1. The summed E-state index contributed by atoms with van der Waals surface area (Å²) >= 11 is 8.06. The summed E-state index contributed by atoms with van der Waals surface area (Å²) < 4.78 is 0. The molecule has 0 aliphatic carbocycles. The number of thioether (sulfide) groups is 1. The van der Waals surface area contributed by atoms with Gasteiger partial charge in [0.1, 0.15) is 0 Å².